The highest BCUT2D eigenvalue weighted by molar-refractivity contribution is 6.29. The molecule has 0 radical (unpaired) electrons. The number of benzene rings is 10. The van der Waals surface area contributed by atoms with E-state index in [2.05, 4.69) is 205 Å². The highest BCUT2D eigenvalue weighted by atomic mass is 15.2. The Hall–Kier alpha value is -8.41. The quantitative estimate of drug-likeness (QED) is 0.166. The molecule has 0 fully saturated rings. The fourth-order valence-electron chi connectivity index (χ4n) is 11.4. The first-order valence-corrected chi connectivity index (χ1v) is 22.4. The predicted molar refractivity (Wildman–Crippen MR) is 269 cm³/mol. The summed E-state index contributed by atoms with van der Waals surface area (Å²) in [6, 6.07) is 72.3. The molecule has 5 heteroatoms. The second-order valence-corrected chi connectivity index (χ2v) is 17.9. The van der Waals surface area contributed by atoms with Gasteiger partial charge >= 0.3 is 0 Å². The minimum Gasteiger partial charge on any atom is -0.309 e. The Kier molecular flexibility index (Phi) is 7.39. The van der Waals surface area contributed by atoms with E-state index in [4.69, 9.17) is 15.0 Å². The Morgan fingerprint density at radius 3 is 1.55 bits per heavy atom. The van der Waals surface area contributed by atoms with Crippen molar-refractivity contribution in [3.05, 3.63) is 211 Å². The van der Waals surface area contributed by atoms with E-state index in [0.29, 0.717) is 17.6 Å². The van der Waals surface area contributed by atoms with Crippen LogP contribution in [0.3, 0.4) is 0 Å². The highest BCUT2D eigenvalue weighted by Gasteiger charge is 2.38. The van der Waals surface area contributed by atoms with Crippen LogP contribution in [0.25, 0.3) is 121 Å². The van der Waals surface area contributed by atoms with Gasteiger partial charge in [0.05, 0.1) is 22.1 Å². The van der Waals surface area contributed by atoms with E-state index in [-0.39, 0.29) is 5.41 Å². The zero-order chi connectivity index (χ0) is 43.0. The summed E-state index contributed by atoms with van der Waals surface area (Å²) in [5.74, 6) is 1.88. The zero-order valence-corrected chi connectivity index (χ0v) is 35.8. The molecule has 0 N–H and O–H groups in total. The molecule has 65 heavy (non-hydrogen) atoms. The van der Waals surface area contributed by atoms with Crippen LogP contribution in [0.2, 0.25) is 0 Å². The summed E-state index contributed by atoms with van der Waals surface area (Å²) >= 11 is 0. The Bertz CT molecular complexity index is 4120. The van der Waals surface area contributed by atoms with Gasteiger partial charge < -0.3 is 4.57 Å². The summed E-state index contributed by atoms with van der Waals surface area (Å²) in [5.41, 5.74) is 12.3. The van der Waals surface area contributed by atoms with Gasteiger partial charge in [-0.25, -0.2) is 4.98 Å². The maximum absolute atomic E-state index is 5.48. The van der Waals surface area contributed by atoms with Gasteiger partial charge in [0.15, 0.2) is 11.6 Å². The first kappa shape index (κ1) is 36.1. The van der Waals surface area contributed by atoms with Crippen LogP contribution in [0.4, 0.5) is 0 Å². The second-order valence-electron chi connectivity index (χ2n) is 17.9. The average Bonchev–Trinajstić information content (AvgIpc) is 3.97. The standard InChI is InChI=1S/C60H39N5/c1-60(2)49-28-13-10-23-43(49)44-26-16-27-47(56(44)60)58-61-57(36-17-4-3-5-18-36)62-59(63-58)65-51-30-15-12-25-46(51)55-53(65)34-33-52-54(55)45-24-11-14-29-50(45)64(52)37-31-32-42-40-21-7-6-19-38(40)39-20-8-9-22-41(39)48(42)35-37/h3-35H,1-2H3. The average molecular weight is 830 g/mol. The van der Waals surface area contributed by atoms with Crippen molar-refractivity contribution in [2.45, 2.75) is 19.3 Å². The Morgan fingerprint density at radius 2 is 0.862 bits per heavy atom. The molecular formula is C60H39N5. The lowest BCUT2D eigenvalue weighted by Gasteiger charge is -2.24. The van der Waals surface area contributed by atoms with E-state index in [0.717, 1.165) is 44.3 Å². The van der Waals surface area contributed by atoms with Crippen molar-refractivity contribution in [1.29, 1.82) is 0 Å². The Labute approximate surface area is 374 Å². The second kappa shape index (κ2) is 13.3. The van der Waals surface area contributed by atoms with Gasteiger partial charge in [0.25, 0.3) is 0 Å². The molecule has 1 aliphatic rings. The van der Waals surface area contributed by atoms with Gasteiger partial charge in [0.2, 0.25) is 5.95 Å². The molecule has 0 saturated carbocycles. The number of hydrogen-bond acceptors (Lipinski definition) is 3. The molecule has 13 aromatic rings. The van der Waals surface area contributed by atoms with E-state index >= 15 is 0 Å². The largest absolute Gasteiger partial charge is 0.309 e. The smallest absolute Gasteiger partial charge is 0.238 e. The van der Waals surface area contributed by atoms with Crippen LogP contribution in [0.1, 0.15) is 25.0 Å². The molecule has 0 saturated heterocycles. The molecule has 0 unspecified atom stereocenters. The summed E-state index contributed by atoms with van der Waals surface area (Å²) in [5, 5.41) is 12.3. The van der Waals surface area contributed by atoms with Crippen LogP contribution in [0, 0.1) is 0 Å². The molecule has 0 aliphatic heterocycles. The number of hydrogen-bond donors (Lipinski definition) is 0. The molecule has 5 nitrogen and oxygen atoms in total. The van der Waals surface area contributed by atoms with Gasteiger partial charge in [-0.2, -0.15) is 9.97 Å². The number of fused-ring (bicyclic) bond motifs is 16. The minimum atomic E-state index is -0.249. The minimum absolute atomic E-state index is 0.249. The maximum Gasteiger partial charge on any atom is 0.238 e. The van der Waals surface area contributed by atoms with Gasteiger partial charge in [-0.1, -0.05) is 178 Å². The third-order valence-corrected chi connectivity index (χ3v) is 14.1. The van der Waals surface area contributed by atoms with E-state index < -0.39 is 0 Å². The zero-order valence-electron chi connectivity index (χ0n) is 35.8. The Balaban J connectivity index is 1.05. The van der Waals surface area contributed by atoms with Crippen LogP contribution in [0.15, 0.2) is 200 Å². The van der Waals surface area contributed by atoms with Crippen LogP contribution in [-0.2, 0) is 5.41 Å². The molecule has 3 heterocycles. The normalized spacial score (nSPS) is 13.2. The summed E-state index contributed by atoms with van der Waals surface area (Å²) in [6.07, 6.45) is 0. The molecule has 1 aliphatic carbocycles. The lowest BCUT2D eigenvalue weighted by molar-refractivity contribution is 0.661. The first-order valence-electron chi connectivity index (χ1n) is 22.4. The number of nitrogens with zero attached hydrogens (tertiary/aromatic N) is 5. The molecule has 304 valence electrons. The molecule has 0 amide bonds. The summed E-state index contributed by atoms with van der Waals surface area (Å²) in [6.45, 7) is 4.64. The predicted octanol–water partition coefficient (Wildman–Crippen LogP) is 15.2. The monoisotopic (exact) mass is 829 g/mol. The topological polar surface area (TPSA) is 48.5 Å². The summed E-state index contributed by atoms with van der Waals surface area (Å²) in [7, 11) is 0. The fourth-order valence-corrected chi connectivity index (χ4v) is 11.4. The van der Waals surface area contributed by atoms with E-state index in [9.17, 15) is 0 Å². The Morgan fingerprint density at radius 1 is 0.354 bits per heavy atom. The first-order chi connectivity index (χ1) is 32.0. The van der Waals surface area contributed by atoms with E-state index in [1.54, 1.807) is 0 Å². The van der Waals surface area contributed by atoms with Gasteiger partial charge in [-0.15, -0.1) is 0 Å². The van der Waals surface area contributed by atoms with Crippen molar-refractivity contribution in [3.63, 3.8) is 0 Å². The molecule has 0 atom stereocenters. The number of aromatic nitrogens is 5. The van der Waals surface area contributed by atoms with Crippen LogP contribution in [-0.4, -0.2) is 24.1 Å². The molecule has 10 aromatic carbocycles. The van der Waals surface area contributed by atoms with Crippen molar-refractivity contribution in [3.8, 4) is 45.5 Å². The van der Waals surface area contributed by atoms with Crippen LogP contribution in [0.5, 0.6) is 0 Å². The van der Waals surface area contributed by atoms with Crippen molar-refractivity contribution in [1.82, 2.24) is 24.1 Å². The molecule has 0 spiro atoms. The van der Waals surface area contributed by atoms with E-state index in [1.807, 2.05) is 18.2 Å². The van der Waals surface area contributed by atoms with Gasteiger partial charge in [0, 0.05) is 43.8 Å². The summed E-state index contributed by atoms with van der Waals surface area (Å²) in [4.78, 5) is 16.1. The number of rotatable bonds is 4. The van der Waals surface area contributed by atoms with Crippen molar-refractivity contribution < 1.29 is 0 Å². The molecule has 0 bridgehead atoms. The lowest BCUT2D eigenvalue weighted by Crippen LogP contribution is -2.17. The third-order valence-electron chi connectivity index (χ3n) is 14.1. The fraction of sp³-hybridized carbons (Fsp3) is 0.0500. The van der Waals surface area contributed by atoms with E-state index in [1.165, 1.54) is 70.7 Å². The van der Waals surface area contributed by atoms with Crippen molar-refractivity contribution >= 4 is 75.9 Å². The van der Waals surface area contributed by atoms with Crippen molar-refractivity contribution in [2.24, 2.45) is 0 Å². The SMILES string of the molecule is CC1(C)c2ccccc2-c2cccc(-c3nc(-c4ccccc4)nc(-n4c5ccccc5c5c6c7ccccc7n(-c7ccc8c9ccccc9c9ccccc9c8c7)c6ccc54)n3)c21. The molecular weight excluding hydrogens is 791 g/mol. The van der Waals surface area contributed by atoms with Crippen LogP contribution >= 0.6 is 0 Å². The van der Waals surface area contributed by atoms with Gasteiger partial charge in [-0.3, -0.25) is 4.57 Å². The van der Waals surface area contributed by atoms with Crippen LogP contribution < -0.4 is 0 Å². The maximum atomic E-state index is 5.48. The number of para-hydroxylation sites is 2. The van der Waals surface area contributed by atoms with Gasteiger partial charge in [-0.05, 0) is 91.0 Å². The van der Waals surface area contributed by atoms with Gasteiger partial charge in [0.1, 0.15) is 0 Å². The van der Waals surface area contributed by atoms with Crippen molar-refractivity contribution in [2.75, 3.05) is 0 Å². The molecule has 3 aromatic heterocycles. The lowest BCUT2D eigenvalue weighted by atomic mass is 9.80. The highest BCUT2D eigenvalue weighted by Crippen LogP contribution is 2.52. The third kappa shape index (κ3) is 5.01. The summed E-state index contributed by atoms with van der Waals surface area (Å²) < 4.78 is 4.70. The molecule has 14 rings (SSSR count).